The van der Waals surface area contributed by atoms with E-state index >= 15 is 0 Å². The topological polar surface area (TPSA) is 93.1 Å². The first-order valence-electron chi connectivity index (χ1n) is 18.3. The number of carbonyl (C=O) groups excluding carboxylic acids is 2. The molecule has 1 unspecified atom stereocenters. The zero-order valence-corrected chi connectivity index (χ0v) is 31.3. The van der Waals surface area contributed by atoms with Crippen molar-refractivity contribution in [2.24, 2.45) is 0 Å². The zero-order chi connectivity index (χ0) is 31.9. The van der Waals surface area contributed by atoms with Crippen molar-refractivity contribution in [3.05, 3.63) is 0 Å². The first-order chi connectivity index (χ1) is 20.9. The number of ether oxygens (including phenoxy) is 2. The smallest absolute Gasteiger partial charge is 0.306 e. The van der Waals surface area contributed by atoms with Gasteiger partial charge in [0.1, 0.15) is 26.2 Å². The van der Waals surface area contributed by atoms with E-state index in [0.717, 1.165) is 38.5 Å². The molecule has 264 valence electrons. The second-order valence-electron chi connectivity index (χ2n) is 13.1. The van der Waals surface area contributed by atoms with Gasteiger partial charge in [-0.2, -0.15) is 0 Å². The quantitative estimate of drug-likeness (QED) is 0.0412. The molecule has 1 atom stereocenters. The van der Waals surface area contributed by atoms with Crippen molar-refractivity contribution in [1.82, 2.24) is 0 Å². The number of unbranched alkanes of at least 4 members (excludes halogenated alkanes) is 20. The number of quaternary nitrogens is 1. The van der Waals surface area contributed by atoms with Gasteiger partial charge in [-0.3, -0.25) is 9.59 Å². The molecule has 0 aliphatic heterocycles. The van der Waals surface area contributed by atoms with E-state index in [4.69, 9.17) is 9.47 Å². The Morgan fingerprint density at radius 3 is 1.27 bits per heavy atom. The van der Waals surface area contributed by atoms with Gasteiger partial charge in [-0.25, -0.2) is 0 Å². The van der Waals surface area contributed by atoms with Crippen LogP contribution in [0.15, 0.2) is 0 Å². The van der Waals surface area contributed by atoms with E-state index in [1.165, 1.54) is 103 Å². The maximum absolute atomic E-state index is 12.7. The predicted molar refractivity (Wildman–Crippen MR) is 178 cm³/mol. The van der Waals surface area contributed by atoms with Crippen molar-refractivity contribution in [3.63, 3.8) is 0 Å². The van der Waals surface area contributed by atoms with Crippen molar-refractivity contribution in [2.45, 2.75) is 174 Å². The van der Waals surface area contributed by atoms with Crippen molar-refractivity contribution in [1.29, 1.82) is 0 Å². The number of halogens is 1. The molecule has 0 fully saturated rings. The summed E-state index contributed by atoms with van der Waals surface area (Å²) in [6.07, 6.45) is 27.1. The van der Waals surface area contributed by atoms with Crippen LogP contribution in [-0.4, -0.2) is 79.2 Å². The summed E-state index contributed by atoms with van der Waals surface area (Å²) in [5.41, 5.74) is 0. The molecule has 0 spiro atoms. The van der Waals surface area contributed by atoms with E-state index in [1.54, 1.807) is 0 Å². The zero-order valence-electron chi connectivity index (χ0n) is 29.1. The fourth-order valence-corrected chi connectivity index (χ4v) is 5.76. The van der Waals surface area contributed by atoms with Crippen LogP contribution in [0.5, 0.6) is 0 Å². The summed E-state index contributed by atoms with van der Waals surface area (Å²) >= 11 is 0. The Hall–Kier alpha value is -0.450. The first-order valence-corrected chi connectivity index (χ1v) is 18.3. The molecule has 0 rings (SSSR count). The highest BCUT2D eigenvalue weighted by atomic mass is 127. The third-order valence-corrected chi connectivity index (χ3v) is 8.62. The number of nitrogens with zero attached hydrogens (tertiary/aromatic N) is 1. The number of aliphatic hydroxyl groups is 2. The summed E-state index contributed by atoms with van der Waals surface area (Å²) < 4.78 is 11.7. The molecule has 2 N–H and O–H groups in total. The molecule has 7 nitrogen and oxygen atoms in total. The molecule has 0 bridgehead atoms. The number of rotatable bonds is 33. The third kappa shape index (κ3) is 30.2. The number of esters is 2. The third-order valence-electron chi connectivity index (χ3n) is 8.62. The summed E-state index contributed by atoms with van der Waals surface area (Å²) in [6.45, 7) is 5.69. The summed E-state index contributed by atoms with van der Waals surface area (Å²) in [7, 11) is 1.92. The van der Waals surface area contributed by atoms with Crippen LogP contribution in [0.2, 0.25) is 0 Å². The van der Waals surface area contributed by atoms with Gasteiger partial charge >= 0.3 is 11.9 Å². The lowest BCUT2D eigenvalue weighted by molar-refractivity contribution is -0.912. The van der Waals surface area contributed by atoms with E-state index < -0.39 is 6.10 Å². The molecule has 0 saturated carbocycles. The molecular weight excluding hydrogens is 669 g/mol. The monoisotopic (exact) mass is 741 g/mol. The Bertz CT molecular complexity index is 630. The van der Waals surface area contributed by atoms with Crippen LogP contribution in [0.3, 0.4) is 0 Å². The van der Waals surface area contributed by atoms with E-state index in [1.807, 2.05) is 7.05 Å². The lowest BCUT2D eigenvalue weighted by Gasteiger charge is -2.36. The number of hydrogen-bond acceptors (Lipinski definition) is 6. The van der Waals surface area contributed by atoms with Gasteiger partial charge in [0, 0.05) is 12.8 Å². The van der Waals surface area contributed by atoms with Crippen LogP contribution in [0, 0.1) is 0 Å². The van der Waals surface area contributed by atoms with Crippen LogP contribution in [-0.2, 0) is 19.1 Å². The van der Waals surface area contributed by atoms with Gasteiger partial charge in [-0.1, -0.05) is 142 Å². The predicted octanol–water partition coefficient (Wildman–Crippen LogP) is 5.28. The number of hydrogen-bond donors (Lipinski definition) is 2. The molecule has 0 aromatic carbocycles. The van der Waals surface area contributed by atoms with Gasteiger partial charge in [0.2, 0.25) is 0 Å². The Morgan fingerprint density at radius 1 is 0.568 bits per heavy atom. The van der Waals surface area contributed by atoms with Crippen LogP contribution in [0.25, 0.3) is 0 Å². The minimum absolute atomic E-state index is 0. The van der Waals surface area contributed by atoms with Crippen LogP contribution in [0.1, 0.15) is 168 Å². The average Bonchev–Trinajstić information content (AvgIpc) is 2.97. The van der Waals surface area contributed by atoms with Gasteiger partial charge < -0.3 is 48.1 Å². The molecule has 0 heterocycles. The standard InChI is InChI=1S/C36H72NO6.HI/c1-4-6-8-10-12-14-16-18-20-22-24-26-35(40)42-33-34(32-37(3,28-30-38)29-31-39)43-36(41)27-25-23-21-19-17-15-13-11-9-7-5-2;/h34,38-39H,4-33H2,1-3H3;1H/q+1;/p-1. The summed E-state index contributed by atoms with van der Waals surface area (Å²) in [4.78, 5) is 25.1. The normalized spacial score (nSPS) is 12.1. The minimum Gasteiger partial charge on any atom is -1.00 e. The Balaban J connectivity index is 0. The summed E-state index contributed by atoms with van der Waals surface area (Å²) in [5, 5.41) is 19.1. The fraction of sp³-hybridized carbons (Fsp3) is 0.944. The van der Waals surface area contributed by atoms with Crippen molar-refractivity contribution in [2.75, 3.05) is 46.5 Å². The lowest BCUT2D eigenvalue weighted by Crippen LogP contribution is -3.00. The van der Waals surface area contributed by atoms with Crippen molar-refractivity contribution < 1.29 is 57.7 Å². The largest absolute Gasteiger partial charge is 1.00 e. The van der Waals surface area contributed by atoms with Gasteiger partial charge in [0.15, 0.2) is 6.10 Å². The average molecular weight is 742 g/mol. The van der Waals surface area contributed by atoms with Crippen molar-refractivity contribution >= 4 is 11.9 Å². The number of aliphatic hydroxyl groups excluding tert-OH is 2. The second-order valence-corrected chi connectivity index (χ2v) is 13.1. The molecule has 44 heavy (non-hydrogen) atoms. The second kappa shape index (κ2) is 33.9. The minimum atomic E-state index is -0.593. The summed E-state index contributed by atoms with van der Waals surface area (Å²) in [5.74, 6) is -0.511. The molecular formula is C36H72INO6. The van der Waals surface area contributed by atoms with E-state index in [0.29, 0.717) is 37.0 Å². The van der Waals surface area contributed by atoms with Crippen molar-refractivity contribution in [3.8, 4) is 0 Å². The van der Waals surface area contributed by atoms with Gasteiger partial charge in [0.05, 0.1) is 20.3 Å². The van der Waals surface area contributed by atoms with E-state index in [9.17, 15) is 19.8 Å². The highest BCUT2D eigenvalue weighted by molar-refractivity contribution is 5.70. The Morgan fingerprint density at radius 2 is 0.909 bits per heavy atom. The number of likely N-dealkylation sites (N-methyl/N-ethyl adjacent to an activating group) is 1. The Labute approximate surface area is 289 Å². The highest BCUT2D eigenvalue weighted by Crippen LogP contribution is 2.15. The molecule has 0 radical (unpaired) electrons. The van der Waals surface area contributed by atoms with Gasteiger partial charge in [-0.15, -0.1) is 0 Å². The highest BCUT2D eigenvalue weighted by Gasteiger charge is 2.29. The van der Waals surface area contributed by atoms with E-state index in [2.05, 4.69) is 13.8 Å². The molecule has 0 aliphatic carbocycles. The van der Waals surface area contributed by atoms with Gasteiger partial charge in [0.25, 0.3) is 0 Å². The molecule has 0 aliphatic rings. The maximum Gasteiger partial charge on any atom is 0.306 e. The molecule has 0 aromatic rings. The van der Waals surface area contributed by atoms with Gasteiger partial charge in [-0.05, 0) is 12.8 Å². The molecule has 8 heteroatoms. The maximum atomic E-state index is 12.7. The molecule has 0 saturated heterocycles. The lowest BCUT2D eigenvalue weighted by atomic mass is 10.1. The first kappa shape index (κ1) is 45.7. The molecule has 0 aromatic heterocycles. The SMILES string of the molecule is CCCCCCCCCCCCCC(=O)OCC(C[N+](C)(CCO)CCO)OC(=O)CCCCCCCCCCCCC.[I-]. The van der Waals surface area contributed by atoms with Crippen LogP contribution < -0.4 is 24.0 Å². The van der Waals surface area contributed by atoms with E-state index in [-0.39, 0.29) is 55.7 Å². The number of carbonyl (C=O) groups is 2. The van der Waals surface area contributed by atoms with Crippen LogP contribution >= 0.6 is 0 Å². The fourth-order valence-electron chi connectivity index (χ4n) is 5.76. The van der Waals surface area contributed by atoms with Crippen LogP contribution in [0.4, 0.5) is 0 Å². The summed E-state index contributed by atoms with van der Waals surface area (Å²) in [6, 6.07) is 0. The molecule has 0 amide bonds. The Kier molecular flexibility index (Phi) is 35.2.